The first-order valence-electron chi connectivity index (χ1n) is 8.41. The van der Waals surface area contributed by atoms with Gasteiger partial charge >= 0.3 is 5.97 Å². The van der Waals surface area contributed by atoms with Gasteiger partial charge in [0, 0.05) is 24.0 Å². The van der Waals surface area contributed by atoms with E-state index in [0.29, 0.717) is 18.7 Å². The smallest absolute Gasteiger partial charge is 0.308 e. The van der Waals surface area contributed by atoms with Crippen molar-refractivity contribution in [2.45, 2.75) is 39.0 Å². The molecule has 1 fully saturated rings. The second-order valence-corrected chi connectivity index (χ2v) is 7.66. The van der Waals surface area contributed by atoms with Gasteiger partial charge in [-0.15, -0.1) is 0 Å². The second kappa shape index (κ2) is 5.96. The van der Waals surface area contributed by atoms with E-state index in [2.05, 4.69) is 37.9 Å². The Labute approximate surface area is 141 Å². The van der Waals surface area contributed by atoms with Crippen LogP contribution in [0.5, 0.6) is 0 Å². The zero-order chi connectivity index (χ0) is 17.5. The van der Waals surface area contributed by atoms with Gasteiger partial charge < -0.3 is 15.0 Å². The highest BCUT2D eigenvalue weighted by Crippen LogP contribution is 2.27. The van der Waals surface area contributed by atoms with Gasteiger partial charge in [0.25, 0.3) is 5.91 Å². The quantitative estimate of drug-likeness (QED) is 0.887. The molecule has 3 rings (SSSR count). The Balaban J connectivity index is 1.86. The molecule has 1 aliphatic rings. The highest BCUT2D eigenvalue weighted by molar-refractivity contribution is 5.98. The minimum Gasteiger partial charge on any atom is -0.481 e. The number of piperidine rings is 1. The molecule has 1 atom stereocenters. The van der Waals surface area contributed by atoms with E-state index in [4.69, 9.17) is 0 Å². The number of nitrogens with zero attached hydrogens (tertiary/aromatic N) is 1. The molecule has 0 radical (unpaired) electrons. The number of hydrogen-bond acceptors (Lipinski definition) is 2. The maximum absolute atomic E-state index is 12.7. The van der Waals surface area contributed by atoms with Gasteiger partial charge in [0.1, 0.15) is 5.69 Å². The van der Waals surface area contributed by atoms with Gasteiger partial charge in [-0.3, -0.25) is 9.59 Å². The standard InChI is InChI=1S/C19H24N2O3/c1-19(2,3)14-7-6-12-9-16(20-15(12)10-14)17(22)21-8-4-5-13(11-21)18(23)24/h6-7,9-10,13,20H,4-5,8,11H2,1-3H3,(H,23,24)/t13-/m0/s1. The molecule has 24 heavy (non-hydrogen) atoms. The molecule has 1 aromatic carbocycles. The maximum Gasteiger partial charge on any atom is 0.308 e. The van der Waals surface area contributed by atoms with Crippen molar-refractivity contribution in [3.63, 3.8) is 0 Å². The monoisotopic (exact) mass is 328 g/mol. The van der Waals surface area contributed by atoms with Crippen LogP contribution in [0.2, 0.25) is 0 Å². The van der Waals surface area contributed by atoms with E-state index in [1.165, 1.54) is 5.56 Å². The van der Waals surface area contributed by atoms with Gasteiger partial charge in [-0.05, 0) is 36.0 Å². The summed E-state index contributed by atoms with van der Waals surface area (Å²) in [6, 6.07) is 8.06. The van der Waals surface area contributed by atoms with Gasteiger partial charge in [0.2, 0.25) is 0 Å². The van der Waals surface area contributed by atoms with Crippen molar-refractivity contribution in [2.75, 3.05) is 13.1 Å². The van der Waals surface area contributed by atoms with E-state index in [1.807, 2.05) is 12.1 Å². The van der Waals surface area contributed by atoms with Crippen molar-refractivity contribution in [3.8, 4) is 0 Å². The molecule has 1 saturated heterocycles. The maximum atomic E-state index is 12.7. The molecular formula is C19H24N2O3. The number of aromatic nitrogens is 1. The van der Waals surface area contributed by atoms with Gasteiger partial charge in [0.05, 0.1) is 5.92 Å². The summed E-state index contributed by atoms with van der Waals surface area (Å²) in [6.45, 7) is 7.37. The molecular weight excluding hydrogens is 304 g/mol. The first kappa shape index (κ1) is 16.6. The van der Waals surface area contributed by atoms with Gasteiger partial charge in [-0.25, -0.2) is 0 Å². The van der Waals surface area contributed by atoms with E-state index in [9.17, 15) is 14.7 Å². The third-order valence-corrected chi connectivity index (χ3v) is 4.78. The van der Waals surface area contributed by atoms with Crippen LogP contribution in [-0.4, -0.2) is 40.0 Å². The van der Waals surface area contributed by atoms with E-state index in [1.54, 1.807) is 4.90 Å². The van der Waals surface area contributed by atoms with Crippen molar-refractivity contribution in [1.29, 1.82) is 0 Å². The highest BCUT2D eigenvalue weighted by atomic mass is 16.4. The molecule has 0 saturated carbocycles. The lowest BCUT2D eigenvalue weighted by molar-refractivity contribution is -0.143. The number of fused-ring (bicyclic) bond motifs is 1. The predicted molar refractivity (Wildman–Crippen MR) is 93.3 cm³/mol. The molecule has 1 aliphatic heterocycles. The molecule has 1 amide bonds. The molecule has 0 bridgehead atoms. The topological polar surface area (TPSA) is 73.4 Å². The average Bonchev–Trinajstić information content (AvgIpc) is 2.96. The van der Waals surface area contributed by atoms with E-state index < -0.39 is 11.9 Å². The molecule has 2 N–H and O–H groups in total. The Hall–Kier alpha value is -2.30. The highest BCUT2D eigenvalue weighted by Gasteiger charge is 2.29. The van der Waals surface area contributed by atoms with Gasteiger partial charge in [-0.1, -0.05) is 32.9 Å². The lowest BCUT2D eigenvalue weighted by atomic mass is 9.87. The summed E-state index contributed by atoms with van der Waals surface area (Å²) in [6.07, 6.45) is 1.37. The zero-order valence-corrected chi connectivity index (χ0v) is 14.4. The Morgan fingerprint density at radius 1 is 1.25 bits per heavy atom. The zero-order valence-electron chi connectivity index (χ0n) is 14.4. The number of rotatable bonds is 2. The van der Waals surface area contributed by atoms with Gasteiger partial charge in [-0.2, -0.15) is 0 Å². The summed E-state index contributed by atoms with van der Waals surface area (Å²) < 4.78 is 0. The van der Waals surface area contributed by atoms with E-state index in [0.717, 1.165) is 17.3 Å². The summed E-state index contributed by atoms with van der Waals surface area (Å²) in [7, 11) is 0. The molecule has 0 spiro atoms. The number of amides is 1. The minimum atomic E-state index is -0.820. The number of hydrogen-bond donors (Lipinski definition) is 2. The van der Waals surface area contributed by atoms with Gasteiger partial charge in [0.15, 0.2) is 0 Å². The van der Waals surface area contributed by atoms with Crippen molar-refractivity contribution >= 4 is 22.8 Å². The Bertz CT molecular complexity index is 785. The molecule has 5 nitrogen and oxygen atoms in total. The first-order valence-corrected chi connectivity index (χ1v) is 8.41. The summed E-state index contributed by atoms with van der Waals surface area (Å²) in [5.74, 6) is -1.40. The Morgan fingerprint density at radius 3 is 2.67 bits per heavy atom. The summed E-state index contributed by atoms with van der Waals surface area (Å²) >= 11 is 0. The lowest BCUT2D eigenvalue weighted by Crippen LogP contribution is -2.42. The molecule has 2 aromatic rings. The van der Waals surface area contributed by atoms with Crippen LogP contribution in [0, 0.1) is 5.92 Å². The fourth-order valence-electron chi connectivity index (χ4n) is 3.24. The van der Waals surface area contributed by atoms with Crippen LogP contribution in [0.25, 0.3) is 10.9 Å². The van der Waals surface area contributed by atoms with Crippen LogP contribution in [0.3, 0.4) is 0 Å². The number of carbonyl (C=O) groups is 2. The van der Waals surface area contributed by atoms with Crippen molar-refractivity contribution in [3.05, 3.63) is 35.5 Å². The number of H-pyrrole nitrogens is 1. The summed E-state index contributed by atoms with van der Waals surface area (Å²) in [5, 5.41) is 10.2. The minimum absolute atomic E-state index is 0.0467. The average molecular weight is 328 g/mol. The molecule has 1 aromatic heterocycles. The molecule has 5 heteroatoms. The Morgan fingerprint density at radius 2 is 2.00 bits per heavy atom. The first-order chi connectivity index (χ1) is 11.3. The second-order valence-electron chi connectivity index (χ2n) is 7.66. The normalized spacial score (nSPS) is 18.8. The molecule has 0 aliphatic carbocycles. The predicted octanol–water partition coefficient (Wildman–Crippen LogP) is 3.40. The third kappa shape index (κ3) is 3.16. The number of carbonyl (C=O) groups excluding carboxylic acids is 1. The number of likely N-dealkylation sites (tertiary alicyclic amines) is 1. The van der Waals surface area contributed by atoms with Crippen molar-refractivity contribution in [2.24, 2.45) is 5.92 Å². The summed E-state index contributed by atoms with van der Waals surface area (Å²) in [5.41, 5.74) is 2.73. The van der Waals surface area contributed by atoms with Crippen molar-refractivity contribution in [1.82, 2.24) is 9.88 Å². The van der Waals surface area contributed by atoms with Crippen LogP contribution in [0.15, 0.2) is 24.3 Å². The largest absolute Gasteiger partial charge is 0.481 e. The van der Waals surface area contributed by atoms with Crippen LogP contribution >= 0.6 is 0 Å². The van der Waals surface area contributed by atoms with E-state index in [-0.39, 0.29) is 17.9 Å². The SMILES string of the molecule is CC(C)(C)c1ccc2cc(C(=O)N3CCC[C@H](C(=O)O)C3)[nH]c2c1. The van der Waals surface area contributed by atoms with E-state index >= 15 is 0 Å². The molecule has 2 heterocycles. The molecule has 0 unspecified atom stereocenters. The summed E-state index contributed by atoms with van der Waals surface area (Å²) in [4.78, 5) is 28.8. The van der Waals surface area contributed by atoms with Crippen LogP contribution in [0.4, 0.5) is 0 Å². The number of carboxylic acids is 1. The Kier molecular flexibility index (Phi) is 4.11. The fraction of sp³-hybridized carbons (Fsp3) is 0.474. The number of carboxylic acid groups (broad SMARTS) is 1. The van der Waals surface area contributed by atoms with Crippen LogP contribution in [-0.2, 0) is 10.2 Å². The fourth-order valence-corrected chi connectivity index (χ4v) is 3.24. The lowest BCUT2D eigenvalue weighted by Gasteiger charge is -2.30. The van der Waals surface area contributed by atoms with Crippen LogP contribution < -0.4 is 0 Å². The van der Waals surface area contributed by atoms with Crippen LogP contribution in [0.1, 0.15) is 49.7 Å². The number of nitrogens with one attached hydrogen (secondary N) is 1. The number of benzene rings is 1. The molecule has 128 valence electrons. The number of aliphatic carboxylic acids is 1. The number of aromatic amines is 1. The van der Waals surface area contributed by atoms with Crippen molar-refractivity contribution < 1.29 is 14.7 Å². The third-order valence-electron chi connectivity index (χ3n) is 4.78.